The SMILES string of the molecule is O=C(OCc1cc(=O)oc2ccc3ccccc3c12)c1ccc(OC(F)(F)F)cc1. The lowest BCUT2D eigenvalue weighted by molar-refractivity contribution is -0.274. The van der Waals surface area contributed by atoms with E-state index in [1.807, 2.05) is 30.3 Å². The van der Waals surface area contributed by atoms with Gasteiger partial charge in [-0.05, 0) is 41.1 Å². The summed E-state index contributed by atoms with van der Waals surface area (Å²) in [5.74, 6) is -1.20. The molecule has 0 aliphatic heterocycles. The molecule has 4 rings (SSSR count). The maximum absolute atomic E-state index is 12.3. The fourth-order valence-corrected chi connectivity index (χ4v) is 3.15. The molecule has 3 aromatic carbocycles. The molecule has 1 aromatic heterocycles. The van der Waals surface area contributed by atoms with Crippen LogP contribution in [0.2, 0.25) is 0 Å². The van der Waals surface area contributed by atoms with Crippen molar-refractivity contribution in [2.75, 3.05) is 0 Å². The number of alkyl halides is 3. The number of carbonyl (C=O) groups is 1. The van der Waals surface area contributed by atoms with Gasteiger partial charge < -0.3 is 13.9 Å². The van der Waals surface area contributed by atoms with Crippen LogP contribution in [0, 0.1) is 0 Å². The summed E-state index contributed by atoms with van der Waals surface area (Å²) in [4.78, 5) is 24.2. The highest BCUT2D eigenvalue weighted by Crippen LogP contribution is 2.28. The molecule has 30 heavy (non-hydrogen) atoms. The van der Waals surface area contributed by atoms with E-state index in [4.69, 9.17) is 9.15 Å². The normalized spacial score (nSPS) is 11.6. The predicted molar refractivity (Wildman–Crippen MR) is 102 cm³/mol. The van der Waals surface area contributed by atoms with Gasteiger partial charge in [-0.2, -0.15) is 0 Å². The van der Waals surface area contributed by atoms with Gasteiger partial charge in [-0.15, -0.1) is 13.2 Å². The Morgan fingerprint density at radius 2 is 1.70 bits per heavy atom. The van der Waals surface area contributed by atoms with Crippen molar-refractivity contribution >= 4 is 27.7 Å². The van der Waals surface area contributed by atoms with Gasteiger partial charge in [0.2, 0.25) is 0 Å². The van der Waals surface area contributed by atoms with Gasteiger partial charge in [0.05, 0.1) is 5.56 Å². The Labute approximate surface area is 167 Å². The lowest BCUT2D eigenvalue weighted by Crippen LogP contribution is -2.17. The van der Waals surface area contributed by atoms with Crippen LogP contribution in [-0.4, -0.2) is 12.3 Å². The summed E-state index contributed by atoms with van der Waals surface area (Å²) >= 11 is 0. The minimum absolute atomic E-state index is 0.0432. The zero-order valence-electron chi connectivity index (χ0n) is 15.2. The zero-order chi connectivity index (χ0) is 21.3. The number of carbonyl (C=O) groups excluding carboxylic acids is 1. The summed E-state index contributed by atoms with van der Waals surface area (Å²) in [5, 5.41) is 2.40. The monoisotopic (exact) mass is 414 g/mol. The molecule has 0 atom stereocenters. The fourth-order valence-electron chi connectivity index (χ4n) is 3.15. The van der Waals surface area contributed by atoms with E-state index < -0.39 is 23.7 Å². The molecule has 0 saturated heterocycles. The van der Waals surface area contributed by atoms with Gasteiger partial charge in [0.15, 0.2) is 0 Å². The largest absolute Gasteiger partial charge is 0.573 e. The van der Waals surface area contributed by atoms with Crippen molar-refractivity contribution in [3.63, 3.8) is 0 Å². The molecule has 0 radical (unpaired) electrons. The van der Waals surface area contributed by atoms with E-state index in [2.05, 4.69) is 4.74 Å². The third-order valence-electron chi connectivity index (χ3n) is 4.40. The zero-order valence-corrected chi connectivity index (χ0v) is 15.2. The van der Waals surface area contributed by atoms with Crippen molar-refractivity contribution in [1.29, 1.82) is 0 Å². The molecule has 0 N–H and O–H groups in total. The molecule has 0 aliphatic rings. The highest BCUT2D eigenvalue weighted by atomic mass is 19.4. The first-order valence-corrected chi connectivity index (χ1v) is 8.77. The Kier molecular flexibility index (Phi) is 4.91. The summed E-state index contributed by atoms with van der Waals surface area (Å²) in [5.41, 5.74) is 0.281. The molecule has 0 amide bonds. The van der Waals surface area contributed by atoms with Crippen molar-refractivity contribution in [3.8, 4) is 5.75 Å². The van der Waals surface area contributed by atoms with Crippen LogP contribution in [0.3, 0.4) is 0 Å². The highest BCUT2D eigenvalue weighted by molar-refractivity contribution is 6.07. The van der Waals surface area contributed by atoms with Gasteiger partial charge in [-0.3, -0.25) is 0 Å². The first kappa shape index (κ1) is 19.5. The molecule has 0 aliphatic carbocycles. The second kappa shape index (κ2) is 7.55. The van der Waals surface area contributed by atoms with E-state index in [0.29, 0.717) is 16.5 Å². The van der Waals surface area contributed by atoms with E-state index in [1.165, 1.54) is 6.07 Å². The Morgan fingerprint density at radius 3 is 2.43 bits per heavy atom. The molecule has 1 heterocycles. The van der Waals surface area contributed by atoms with Crippen LogP contribution < -0.4 is 10.4 Å². The number of halogens is 3. The first-order valence-electron chi connectivity index (χ1n) is 8.77. The van der Waals surface area contributed by atoms with Gasteiger partial charge in [0, 0.05) is 17.0 Å². The van der Waals surface area contributed by atoms with Crippen LogP contribution in [-0.2, 0) is 11.3 Å². The number of benzene rings is 3. The van der Waals surface area contributed by atoms with Gasteiger partial charge in [-0.25, -0.2) is 9.59 Å². The van der Waals surface area contributed by atoms with Crippen LogP contribution in [0.25, 0.3) is 21.7 Å². The van der Waals surface area contributed by atoms with Gasteiger partial charge in [-0.1, -0.05) is 30.3 Å². The van der Waals surface area contributed by atoms with E-state index in [0.717, 1.165) is 35.0 Å². The second-order valence-corrected chi connectivity index (χ2v) is 6.40. The van der Waals surface area contributed by atoms with E-state index in [1.54, 1.807) is 6.07 Å². The summed E-state index contributed by atoms with van der Waals surface area (Å²) in [7, 11) is 0. The third kappa shape index (κ3) is 4.12. The van der Waals surface area contributed by atoms with Gasteiger partial charge in [0.25, 0.3) is 0 Å². The molecule has 152 valence electrons. The second-order valence-electron chi connectivity index (χ2n) is 6.40. The number of rotatable bonds is 4. The molecule has 0 bridgehead atoms. The molecule has 0 saturated carbocycles. The number of hydrogen-bond donors (Lipinski definition) is 0. The molecule has 0 unspecified atom stereocenters. The summed E-state index contributed by atoms with van der Waals surface area (Å²) < 4.78 is 51.0. The Balaban J connectivity index is 1.60. The topological polar surface area (TPSA) is 65.7 Å². The van der Waals surface area contributed by atoms with Crippen LogP contribution in [0.15, 0.2) is 75.9 Å². The van der Waals surface area contributed by atoms with Crippen molar-refractivity contribution in [3.05, 3.63) is 88.3 Å². The Hall–Kier alpha value is -3.81. The lowest BCUT2D eigenvalue weighted by Gasteiger charge is -2.11. The maximum Gasteiger partial charge on any atom is 0.573 e. The van der Waals surface area contributed by atoms with Crippen molar-refractivity contribution in [2.24, 2.45) is 0 Å². The molecule has 8 heteroatoms. The average molecular weight is 414 g/mol. The number of esters is 1. The van der Waals surface area contributed by atoms with Crippen LogP contribution in [0.1, 0.15) is 15.9 Å². The predicted octanol–water partition coefficient (Wildman–Crippen LogP) is 5.20. The van der Waals surface area contributed by atoms with Crippen molar-refractivity contribution in [1.82, 2.24) is 0 Å². The quantitative estimate of drug-likeness (QED) is 0.261. The van der Waals surface area contributed by atoms with Crippen LogP contribution in [0.4, 0.5) is 13.2 Å². The lowest BCUT2D eigenvalue weighted by atomic mass is 10.0. The minimum Gasteiger partial charge on any atom is -0.457 e. The standard InChI is InChI=1S/C22H13F3O5/c23-22(24,25)30-16-8-5-14(6-9-16)21(27)28-12-15-11-19(26)29-18-10-7-13-3-1-2-4-17(13)20(15)18/h1-11H,12H2. The number of hydrogen-bond acceptors (Lipinski definition) is 5. The summed E-state index contributed by atoms with van der Waals surface area (Å²) in [6.45, 7) is -0.213. The molecule has 5 nitrogen and oxygen atoms in total. The Morgan fingerprint density at radius 1 is 0.967 bits per heavy atom. The molecular weight excluding hydrogens is 401 g/mol. The van der Waals surface area contributed by atoms with E-state index in [-0.39, 0.29) is 12.2 Å². The maximum atomic E-state index is 12.3. The first-order chi connectivity index (χ1) is 14.3. The van der Waals surface area contributed by atoms with Gasteiger partial charge >= 0.3 is 18.0 Å². The van der Waals surface area contributed by atoms with E-state index >= 15 is 0 Å². The smallest absolute Gasteiger partial charge is 0.457 e. The van der Waals surface area contributed by atoms with Crippen molar-refractivity contribution in [2.45, 2.75) is 13.0 Å². The Bertz CT molecular complexity index is 1290. The highest BCUT2D eigenvalue weighted by Gasteiger charge is 2.31. The van der Waals surface area contributed by atoms with E-state index in [9.17, 15) is 22.8 Å². The summed E-state index contributed by atoms with van der Waals surface area (Å²) in [6.07, 6.45) is -4.82. The fraction of sp³-hybridized carbons (Fsp3) is 0.0909. The molecule has 4 aromatic rings. The van der Waals surface area contributed by atoms with Crippen molar-refractivity contribution < 1.29 is 31.9 Å². The summed E-state index contributed by atoms with van der Waals surface area (Å²) in [6, 6.07) is 16.6. The molecule has 0 spiro atoms. The minimum atomic E-state index is -4.82. The van der Waals surface area contributed by atoms with Gasteiger partial charge in [0.1, 0.15) is 17.9 Å². The number of fused-ring (bicyclic) bond motifs is 3. The number of ether oxygens (including phenoxy) is 2. The molecular formula is C22H13F3O5. The van der Waals surface area contributed by atoms with Crippen LogP contribution >= 0.6 is 0 Å². The average Bonchev–Trinajstić information content (AvgIpc) is 2.70. The third-order valence-corrected chi connectivity index (χ3v) is 4.40. The molecule has 0 fully saturated rings. The van der Waals surface area contributed by atoms with Crippen LogP contribution in [0.5, 0.6) is 5.75 Å².